The van der Waals surface area contributed by atoms with Crippen LogP contribution in [-0.4, -0.2) is 27.7 Å². The van der Waals surface area contributed by atoms with Gasteiger partial charge in [0.2, 0.25) is 0 Å². The highest BCUT2D eigenvalue weighted by molar-refractivity contribution is 5.19. The second-order valence-electron chi connectivity index (χ2n) is 3.29. The molecule has 1 aromatic heterocycles. The van der Waals surface area contributed by atoms with Gasteiger partial charge >= 0.3 is 0 Å². The zero-order valence-corrected chi connectivity index (χ0v) is 7.52. The van der Waals surface area contributed by atoms with Crippen molar-refractivity contribution in [1.29, 1.82) is 0 Å². The molecule has 1 fully saturated rings. The average molecular weight is 182 g/mol. The maximum atomic E-state index is 5.48. The molecule has 5 nitrogen and oxygen atoms in total. The maximum Gasteiger partial charge on any atom is 0.165 e. The lowest BCUT2D eigenvalue weighted by Crippen LogP contribution is -2.11. The number of rotatable bonds is 3. The Hall–Kier alpha value is -1.10. The SMILES string of the molecule is Nc1cnn(CCC2CCCO2)n1. The third-order valence-electron chi connectivity index (χ3n) is 2.23. The Morgan fingerprint density at radius 3 is 3.23 bits per heavy atom. The monoisotopic (exact) mass is 182 g/mol. The first-order valence-electron chi connectivity index (χ1n) is 4.62. The Labute approximate surface area is 76.9 Å². The number of hydrogen-bond acceptors (Lipinski definition) is 4. The van der Waals surface area contributed by atoms with E-state index in [0.717, 1.165) is 26.0 Å². The lowest BCUT2D eigenvalue weighted by Gasteiger charge is -2.07. The van der Waals surface area contributed by atoms with Gasteiger partial charge in [-0.15, -0.1) is 5.10 Å². The van der Waals surface area contributed by atoms with Gasteiger partial charge in [0, 0.05) is 6.61 Å². The Kier molecular flexibility index (Phi) is 2.44. The molecule has 1 aliphatic heterocycles. The van der Waals surface area contributed by atoms with Crippen molar-refractivity contribution in [3.63, 3.8) is 0 Å². The molecule has 0 bridgehead atoms. The normalized spacial score (nSPS) is 22.3. The van der Waals surface area contributed by atoms with Crippen LogP contribution in [-0.2, 0) is 11.3 Å². The fourth-order valence-corrected chi connectivity index (χ4v) is 1.55. The number of anilines is 1. The van der Waals surface area contributed by atoms with Crippen LogP contribution < -0.4 is 5.73 Å². The minimum Gasteiger partial charge on any atom is -0.381 e. The van der Waals surface area contributed by atoms with Crippen molar-refractivity contribution in [2.45, 2.75) is 31.9 Å². The third kappa shape index (κ3) is 2.18. The molecule has 0 spiro atoms. The van der Waals surface area contributed by atoms with Crippen LogP contribution >= 0.6 is 0 Å². The summed E-state index contributed by atoms with van der Waals surface area (Å²) >= 11 is 0. The lowest BCUT2D eigenvalue weighted by molar-refractivity contribution is 0.0983. The van der Waals surface area contributed by atoms with Gasteiger partial charge in [-0.1, -0.05) is 0 Å². The Bertz CT molecular complexity index is 267. The summed E-state index contributed by atoms with van der Waals surface area (Å²) in [6.45, 7) is 1.70. The fraction of sp³-hybridized carbons (Fsp3) is 0.750. The van der Waals surface area contributed by atoms with Crippen molar-refractivity contribution < 1.29 is 4.74 Å². The van der Waals surface area contributed by atoms with Crippen LogP contribution in [0.3, 0.4) is 0 Å². The van der Waals surface area contributed by atoms with Crippen molar-refractivity contribution in [2.24, 2.45) is 0 Å². The van der Waals surface area contributed by atoms with Crippen molar-refractivity contribution in [3.8, 4) is 0 Å². The largest absolute Gasteiger partial charge is 0.381 e. The molecule has 5 heteroatoms. The van der Waals surface area contributed by atoms with E-state index in [1.165, 1.54) is 6.42 Å². The van der Waals surface area contributed by atoms with Crippen LogP contribution in [0.1, 0.15) is 19.3 Å². The molecule has 0 radical (unpaired) electrons. The van der Waals surface area contributed by atoms with Crippen LogP contribution in [0.2, 0.25) is 0 Å². The summed E-state index contributed by atoms with van der Waals surface area (Å²) in [6.07, 6.45) is 5.28. The summed E-state index contributed by atoms with van der Waals surface area (Å²) in [7, 11) is 0. The molecule has 0 aromatic carbocycles. The molecule has 0 amide bonds. The van der Waals surface area contributed by atoms with Gasteiger partial charge in [-0.3, -0.25) is 0 Å². The zero-order chi connectivity index (χ0) is 9.10. The summed E-state index contributed by atoms with van der Waals surface area (Å²) in [5.41, 5.74) is 5.44. The van der Waals surface area contributed by atoms with E-state index in [1.54, 1.807) is 11.0 Å². The van der Waals surface area contributed by atoms with E-state index < -0.39 is 0 Å². The van der Waals surface area contributed by atoms with E-state index in [1.807, 2.05) is 0 Å². The quantitative estimate of drug-likeness (QED) is 0.736. The van der Waals surface area contributed by atoms with Gasteiger partial charge in [-0.05, 0) is 19.3 Å². The molecule has 1 unspecified atom stereocenters. The number of nitrogen functional groups attached to an aromatic ring is 1. The van der Waals surface area contributed by atoms with Crippen LogP contribution in [0.5, 0.6) is 0 Å². The number of nitrogens with zero attached hydrogens (tertiary/aromatic N) is 3. The van der Waals surface area contributed by atoms with Crippen molar-refractivity contribution in [2.75, 3.05) is 12.3 Å². The number of ether oxygens (including phenoxy) is 1. The van der Waals surface area contributed by atoms with E-state index in [4.69, 9.17) is 10.5 Å². The topological polar surface area (TPSA) is 66.0 Å². The van der Waals surface area contributed by atoms with Crippen LogP contribution in [0.4, 0.5) is 5.82 Å². The van der Waals surface area contributed by atoms with Gasteiger partial charge in [-0.2, -0.15) is 9.90 Å². The third-order valence-corrected chi connectivity index (χ3v) is 2.23. The van der Waals surface area contributed by atoms with E-state index >= 15 is 0 Å². The van der Waals surface area contributed by atoms with Crippen LogP contribution in [0.25, 0.3) is 0 Å². The van der Waals surface area contributed by atoms with Gasteiger partial charge < -0.3 is 10.5 Å². The molecule has 0 aliphatic carbocycles. The minimum absolute atomic E-state index is 0.396. The summed E-state index contributed by atoms with van der Waals surface area (Å²) in [6, 6.07) is 0. The molecule has 1 aromatic rings. The van der Waals surface area contributed by atoms with Crippen molar-refractivity contribution >= 4 is 5.82 Å². The van der Waals surface area contributed by atoms with E-state index in [-0.39, 0.29) is 0 Å². The van der Waals surface area contributed by atoms with Gasteiger partial charge in [0.25, 0.3) is 0 Å². The number of aromatic nitrogens is 3. The molecule has 0 saturated carbocycles. The highest BCUT2D eigenvalue weighted by Gasteiger charge is 2.15. The molecule has 1 saturated heterocycles. The van der Waals surface area contributed by atoms with E-state index in [2.05, 4.69) is 10.2 Å². The second kappa shape index (κ2) is 3.74. The van der Waals surface area contributed by atoms with Crippen LogP contribution in [0.15, 0.2) is 6.20 Å². The molecule has 72 valence electrons. The molecule has 13 heavy (non-hydrogen) atoms. The molecule has 2 heterocycles. The standard InChI is InChI=1S/C8H14N4O/c9-8-6-10-12(11-8)4-3-7-2-1-5-13-7/h6-7H,1-5H2,(H2,9,11). The Morgan fingerprint density at radius 1 is 1.69 bits per heavy atom. The highest BCUT2D eigenvalue weighted by atomic mass is 16.5. The number of nitrogens with two attached hydrogens (primary N) is 1. The molecule has 1 atom stereocenters. The van der Waals surface area contributed by atoms with Crippen molar-refractivity contribution in [1.82, 2.24) is 15.0 Å². The Morgan fingerprint density at radius 2 is 2.62 bits per heavy atom. The van der Waals surface area contributed by atoms with E-state index in [9.17, 15) is 0 Å². The summed E-state index contributed by atoms with van der Waals surface area (Å²) in [4.78, 5) is 1.62. The molecular formula is C8H14N4O. The average Bonchev–Trinajstić information content (AvgIpc) is 2.71. The van der Waals surface area contributed by atoms with Gasteiger partial charge in [0.15, 0.2) is 5.82 Å². The summed E-state index contributed by atoms with van der Waals surface area (Å²) in [5.74, 6) is 0.479. The predicted molar refractivity (Wildman–Crippen MR) is 48.0 cm³/mol. The lowest BCUT2D eigenvalue weighted by atomic mass is 10.2. The molecule has 1 aliphatic rings. The van der Waals surface area contributed by atoms with Crippen LogP contribution in [0, 0.1) is 0 Å². The van der Waals surface area contributed by atoms with E-state index in [0.29, 0.717) is 11.9 Å². The Balaban J connectivity index is 1.78. The molecular weight excluding hydrogens is 168 g/mol. The van der Waals surface area contributed by atoms with Gasteiger partial charge in [0.05, 0.1) is 18.8 Å². The summed E-state index contributed by atoms with van der Waals surface area (Å²) < 4.78 is 5.48. The first-order chi connectivity index (χ1) is 6.34. The maximum absolute atomic E-state index is 5.48. The van der Waals surface area contributed by atoms with Gasteiger partial charge in [0.1, 0.15) is 0 Å². The second-order valence-corrected chi connectivity index (χ2v) is 3.29. The summed E-state index contributed by atoms with van der Waals surface area (Å²) in [5, 5.41) is 8.00. The minimum atomic E-state index is 0.396. The first-order valence-corrected chi connectivity index (χ1v) is 4.62. The van der Waals surface area contributed by atoms with Gasteiger partial charge in [-0.25, -0.2) is 0 Å². The zero-order valence-electron chi connectivity index (χ0n) is 7.52. The fourth-order valence-electron chi connectivity index (χ4n) is 1.55. The predicted octanol–water partition coefficient (Wildman–Crippen LogP) is 0.429. The number of aryl methyl sites for hydroxylation is 1. The molecule has 2 N–H and O–H groups in total. The number of hydrogen-bond donors (Lipinski definition) is 1. The van der Waals surface area contributed by atoms with Crippen molar-refractivity contribution in [3.05, 3.63) is 6.20 Å². The molecule has 2 rings (SSSR count). The first kappa shape index (κ1) is 8.50. The smallest absolute Gasteiger partial charge is 0.165 e. The highest BCUT2D eigenvalue weighted by Crippen LogP contribution is 2.15.